The zero-order chi connectivity index (χ0) is 17.7. The van der Waals surface area contributed by atoms with Crippen LogP contribution >= 0.6 is 11.3 Å². The van der Waals surface area contributed by atoms with Gasteiger partial charge in [0.2, 0.25) is 5.91 Å². The van der Waals surface area contributed by atoms with Crippen LogP contribution < -0.4 is 5.32 Å². The summed E-state index contributed by atoms with van der Waals surface area (Å²) in [7, 11) is 0. The fourth-order valence-corrected chi connectivity index (χ4v) is 3.07. The zero-order valence-electron chi connectivity index (χ0n) is 13.8. The lowest BCUT2D eigenvalue weighted by Gasteiger charge is -2.06. The molecule has 1 aromatic heterocycles. The molecule has 6 heteroatoms. The van der Waals surface area contributed by atoms with Crippen molar-refractivity contribution < 1.29 is 19.1 Å². The molecular formula is C18H19NO4S. The summed E-state index contributed by atoms with van der Waals surface area (Å²) >= 11 is 1.52. The van der Waals surface area contributed by atoms with E-state index in [4.69, 9.17) is 4.74 Å². The highest BCUT2D eigenvalue weighted by molar-refractivity contribution is 7.12. The predicted octanol–water partition coefficient (Wildman–Crippen LogP) is 3.04. The molecule has 126 valence electrons. The average molecular weight is 345 g/mol. The second-order valence-electron chi connectivity index (χ2n) is 5.43. The van der Waals surface area contributed by atoms with Gasteiger partial charge in [0.1, 0.15) is 0 Å². The Bertz CT molecular complexity index is 762. The third kappa shape index (κ3) is 4.76. The van der Waals surface area contributed by atoms with Crippen molar-refractivity contribution in [3.63, 3.8) is 0 Å². The molecular weight excluding hydrogens is 326 g/mol. The van der Waals surface area contributed by atoms with Gasteiger partial charge < -0.3 is 10.1 Å². The molecule has 1 amide bonds. The Morgan fingerprint density at radius 2 is 1.79 bits per heavy atom. The number of hydrogen-bond acceptors (Lipinski definition) is 5. The van der Waals surface area contributed by atoms with E-state index in [0.717, 1.165) is 15.3 Å². The van der Waals surface area contributed by atoms with E-state index < -0.39 is 5.97 Å². The maximum Gasteiger partial charge on any atom is 0.339 e. The van der Waals surface area contributed by atoms with Crippen LogP contribution in [0.5, 0.6) is 0 Å². The number of carbonyl (C=O) groups is 3. The van der Waals surface area contributed by atoms with Crippen LogP contribution in [0.3, 0.4) is 0 Å². The van der Waals surface area contributed by atoms with E-state index in [1.165, 1.54) is 18.3 Å². The minimum Gasteiger partial charge on any atom is -0.454 e. The second-order valence-corrected chi connectivity index (χ2v) is 6.89. The first-order valence-corrected chi connectivity index (χ1v) is 8.29. The van der Waals surface area contributed by atoms with Gasteiger partial charge in [-0.3, -0.25) is 9.59 Å². The van der Waals surface area contributed by atoms with Crippen LogP contribution in [0.15, 0.2) is 30.3 Å². The molecule has 0 saturated heterocycles. The van der Waals surface area contributed by atoms with Crippen LogP contribution in [0, 0.1) is 13.8 Å². The molecule has 2 rings (SSSR count). The molecule has 1 N–H and O–H groups in total. The van der Waals surface area contributed by atoms with E-state index in [-0.39, 0.29) is 18.3 Å². The minimum absolute atomic E-state index is 0.110. The highest BCUT2D eigenvalue weighted by Gasteiger charge is 2.15. The van der Waals surface area contributed by atoms with E-state index in [9.17, 15) is 14.4 Å². The molecule has 0 radical (unpaired) electrons. The SMILES string of the molecule is CC(=O)NCc1ccc(C(=O)COC(=O)c2cc(C)sc2C)cc1. The number of amides is 1. The largest absolute Gasteiger partial charge is 0.454 e. The van der Waals surface area contributed by atoms with E-state index in [1.54, 1.807) is 30.3 Å². The Kier molecular flexibility index (Phi) is 5.87. The molecule has 0 unspecified atom stereocenters. The van der Waals surface area contributed by atoms with Crippen molar-refractivity contribution in [2.45, 2.75) is 27.3 Å². The highest BCUT2D eigenvalue weighted by atomic mass is 32.1. The molecule has 0 atom stereocenters. The third-order valence-corrected chi connectivity index (χ3v) is 4.38. The molecule has 0 aliphatic carbocycles. The first-order chi connectivity index (χ1) is 11.4. The van der Waals surface area contributed by atoms with E-state index in [2.05, 4.69) is 5.32 Å². The summed E-state index contributed by atoms with van der Waals surface area (Å²) in [6, 6.07) is 8.61. The summed E-state index contributed by atoms with van der Waals surface area (Å²) in [5, 5.41) is 2.68. The number of aryl methyl sites for hydroxylation is 2. The normalized spacial score (nSPS) is 10.3. The average Bonchev–Trinajstić information content (AvgIpc) is 2.89. The maximum absolute atomic E-state index is 12.1. The lowest BCUT2D eigenvalue weighted by Crippen LogP contribution is -2.19. The smallest absolute Gasteiger partial charge is 0.339 e. The van der Waals surface area contributed by atoms with E-state index >= 15 is 0 Å². The molecule has 1 heterocycles. The molecule has 0 saturated carbocycles. The summed E-state index contributed by atoms with van der Waals surface area (Å²) in [6.45, 7) is 5.34. The van der Waals surface area contributed by atoms with E-state index in [1.807, 2.05) is 13.8 Å². The molecule has 5 nitrogen and oxygen atoms in total. The quantitative estimate of drug-likeness (QED) is 0.645. The van der Waals surface area contributed by atoms with Crippen molar-refractivity contribution in [3.05, 3.63) is 56.8 Å². The van der Waals surface area contributed by atoms with Crippen molar-refractivity contribution >= 4 is 29.0 Å². The number of nitrogens with one attached hydrogen (secondary N) is 1. The molecule has 0 aliphatic rings. The number of esters is 1. The fourth-order valence-electron chi connectivity index (χ4n) is 2.16. The molecule has 1 aromatic carbocycles. The molecule has 2 aromatic rings. The lowest BCUT2D eigenvalue weighted by molar-refractivity contribution is -0.119. The number of Topliss-reactive ketones (excluding diaryl/α,β-unsaturated/α-hetero) is 1. The van der Waals surface area contributed by atoms with Crippen molar-refractivity contribution in [2.24, 2.45) is 0 Å². The number of ketones is 1. The molecule has 24 heavy (non-hydrogen) atoms. The third-order valence-electron chi connectivity index (χ3n) is 3.41. The summed E-state index contributed by atoms with van der Waals surface area (Å²) < 4.78 is 5.11. The second kappa shape index (κ2) is 7.88. The first-order valence-electron chi connectivity index (χ1n) is 7.47. The van der Waals surface area contributed by atoms with Gasteiger partial charge in [-0.15, -0.1) is 11.3 Å². The van der Waals surface area contributed by atoms with Gasteiger partial charge in [-0.2, -0.15) is 0 Å². The Morgan fingerprint density at radius 3 is 2.33 bits per heavy atom. The topological polar surface area (TPSA) is 72.5 Å². The number of thiophene rings is 1. The molecule has 0 fully saturated rings. The predicted molar refractivity (Wildman–Crippen MR) is 92.4 cm³/mol. The first kappa shape index (κ1) is 17.9. The summed E-state index contributed by atoms with van der Waals surface area (Å²) in [5.74, 6) is -0.854. The minimum atomic E-state index is -0.479. The van der Waals surface area contributed by atoms with Gasteiger partial charge in [-0.1, -0.05) is 24.3 Å². The number of carbonyl (C=O) groups excluding carboxylic acids is 3. The van der Waals surface area contributed by atoms with Crippen LogP contribution in [0.1, 0.15) is 43.0 Å². The van der Waals surface area contributed by atoms with Gasteiger partial charge in [0, 0.05) is 28.8 Å². The summed E-state index contributed by atoms with van der Waals surface area (Å²) in [6.07, 6.45) is 0. The van der Waals surface area contributed by atoms with Gasteiger partial charge in [0.25, 0.3) is 0 Å². The van der Waals surface area contributed by atoms with Crippen molar-refractivity contribution in [3.8, 4) is 0 Å². The number of hydrogen-bond donors (Lipinski definition) is 1. The van der Waals surface area contributed by atoms with Gasteiger partial charge in [0.05, 0.1) is 5.56 Å². The van der Waals surface area contributed by atoms with Crippen molar-refractivity contribution in [1.29, 1.82) is 0 Å². The van der Waals surface area contributed by atoms with Crippen molar-refractivity contribution in [1.82, 2.24) is 5.32 Å². The van der Waals surface area contributed by atoms with Crippen LogP contribution in [0.4, 0.5) is 0 Å². The maximum atomic E-state index is 12.1. The Labute approximate surface area is 144 Å². The van der Waals surface area contributed by atoms with Gasteiger partial charge in [0.15, 0.2) is 12.4 Å². The fraction of sp³-hybridized carbons (Fsp3) is 0.278. The standard InChI is InChI=1S/C18H19NO4S/c1-11-8-16(12(2)24-11)18(22)23-10-17(21)15-6-4-14(5-7-15)9-19-13(3)20/h4-8H,9-10H2,1-3H3,(H,19,20). The Balaban J connectivity index is 1.91. The van der Waals surface area contributed by atoms with Crippen LogP contribution in [-0.4, -0.2) is 24.3 Å². The van der Waals surface area contributed by atoms with Gasteiger partial charge in [-0.25, -0.2) is 4.79 Å². The zero-order valence-corrected chi connectivity index (χ0v) is 14.7. The lowest BCUT2D eigenvalue weighted by atomic mass is 10.1. The molecule has 0 bridgehead atoms. The highest BCUT2D eigenvalue weighted by Crippen LogP contribution is 2.21. The van der Waals surface area contributed by atoms with Gasteiger partial charge in [-0.05, 0) is 25.5 Å². The Morgan fingerprint density at radius 1 is 1.12 bits per heavy atom. The van der Waals surface area contributed by atoms with Crippen molar-refractivity contribution in [2.75, 3.05) is 6.61 Å². The molecule has 0 spiro atoms. The summed E-state index contributed by atoms with van der Waals surface area (Å²) in [5.41, 5.74) is 1.87. The molecule has 0 aliphatic heterocycles. The number of ether oxygens (including phenoxy) is 1. The van der Waals surface area contributed by atoms with E-state index in [0.29, 0.717) is 17.7 Å². The number of rotatable bonds is 6. The van der Waals surface area contributed by atoms with Crippen LogP contribution in [0.2, 0.25) is 0 Å². The van der Waals surface area contributed by atoms with Gasteiger partial charge >= 0.3 is 5.97 Å². The number of benzene rings is 1. The monoisotopic (exact) mass is 345 g/mol. The van der Waals surface area contributed by atoms with Crippen LogP contribution in [0.25, 0.3) is 0 Å². The van der Waals surface area contributed by atoms with Crippen LogP contribution in [-0.2, 0) is 16.1 Å². The Hall–Kier alpha value is -2.47. The summed E-state index contributed by atoms with van der Waals surface area (Å²) in [4.78, 5) is 36.9.